The molecule has 7 heteroatoms. The van der Waals surface area contributed by atoms with Gasteiger partial charge in [0.2, 0.25) is 0 Å². The van der Waals surface area contributed by atoms with Crippen LogP contribution in [0.25, 0.3) is 10.9 Å². The highest BCUT2D eigenvalue weighted by Gasteiger charge is 2.20. The van der Waals surface area contributed by atoms with Gasteiger partial charge in [-0.25, -0.2) is 0 Å². The molecule has 0 aliphatic carbocycles. The van der Waals surface area contributed by atoms with Crippen LogP contribution in [0.5, 0.6) is 0 Å². The lowest BCUT2D eigenvalue weighted by molar-refractivity contribution is -0.143. The van der Waals surface area contributed by atoms with Crippen molar-refractivity contribution >= 4 is 32.8 Å². The van der Waals surface area contributed by atoms with Crippen LogP contribution in [0.2, 0.25) is 0 Å². The maximum Gasteiger partial charge on any atom is 0.323 e. The number of methoxy groups -OCH3 is 1. The number of ether oxygens (including phenoxy) is 1. The first-order chi connectivity index (χ1) is 12.1. The molecule has 3 rings (SSSR count). The van der Waals surface area contributed by atoms with Gasteiger partial charge in [0.05, 0.1) is 12.6 Å². The van der Waals surface area contributed by atoms with Gasteiger partial charge < -0.3 is 4.74 Å². The molecule has 0 amide bonds. The van der Waals surface area contributed by atoms with E-state index < -0.39 is 6.04 Å². The second-order valence-corrected chi connectivity index (χ2v) is 6.50. The fourth-order valence-corrected chi connectivity index (χ4v) is 3.29. The number of pyridine rings is 1. The number of hydrogen-bond acceptors (Lipinski definition) is 5. The molecule has 0 saturated heterocycles. The molecule has 0 aliphatic rings. The summed E-state index contributed by atoms with van der Waals surface area (Å²) in [5.41, 5.74) is 2.94. The van der Waals surface area contributed by atoms with Crippen molar-refractivity contribution in [3.63, 3.8) is 0 Å². The molecule has 1 N–H and O–H groups in total. The number of nitrogens with zero attached hydrogens (tertiary/aromatic N) is 3. The standard InChI is InChI=1S/C18H19BrN4O2/c1-23-16-9-12(6-7-14(16)17(19)22-23)11-21-15(18(24)25-2)10-13-5-3-4-8-20-13/h3-9,15,21H,10-11H2,1-2H3/t15-/m1/s1. The minimum Gasteiger partial charge on any atom is -0.468 e. The van der Waals surface area contributed by atoms with E-state index in [1.165, 1.54) is 7.11 Å². The fraction of sp³-hybridized carbons (Fsp3) is 0.278. The minimum atomic E-state index is -0.450. The smallest absolute Gasteiger partial charge is 0.323 e. The molecule has 0 bridgehead atoms. The number of aromatic nitrogens is 3. The quantitative estimate of drug-likeness (QED) is 0.641. The van der Waals surface area contributed by atoms with Crippen LogP contribution in [0.3, 0.4) is 0 Å². The summed E-state index contributed by atoms with van der Waals surface area (Å²) in [7, 11) is 3.30. The number of benzene rings is 1. The average Bonchev–Trinajstić information content (AvgIpc) is 2.92. The Labute approximate surface area is 154 Å². The second-order valence-electron chi connectivity index (χ2n) is 5.75. The molecule has 1 aromatic carbocycles. The van der Waals surface area contributed by atoms with E-state index in [4.69, 9.17) is 4.74 Å². The van der Waals surface area contributed by atoms with Gasteiger partial charge >= 0.3 is 5.97 Å². The molecule has 2 aromatic heterocycles. The van der Waals surface area contributed by atoms with E-state index in [0.29, 0.717) is 13.0 Å². The molecular formula is C18H19BrN4O2. The maximum atomic E-state index is 12.1. The lowest BCUT2D eigenvalue weighted by Gasteiger charge is -2.16. The summed E-state index contributed by atoms with van der Waals surface area (Å²) >= 11 is 3.45. The Morgan fingerprint density at radius 1 is 1.36 bits per heavy atom. The minimum absolute atomic E-state index is 0.296. The zero-order valence-corrected chi connectivity index (χ0v) is 15.7. The van der Waals surface area contributed by atoms with Gasteiger partial charge in [0, 0.05) is 37.3 Å². The number of esters is 1. The van der Waals surface area contributed by atoms with Crippen molar-refractivity contribution in [2.75, 3.05) is 7.11 Å². The largest absolute Gasteiger partial charge is 0.468 e. The Bertz CT molecular complexity index is 879. The third-order valence-electron chi connectivity index (χ3n) is 4.05. The molecule has 3 aromatic rings. The van der Waals surface area contributed by atoms with Gasteiger partial charge in [-0.3, -0.25) is 19.8 Å². The van der Waals surface area contributed by atoms with Crippen LogP contribution in [-0.2, 0) is 29.5 Å². The second kappa shape index (κ2) is 7.76. The fourth-order valence-electron chi connectivity index (χ4n) is 2.72. The molecule has 0 aliphatic heterocycles. The molecule has 130 valence electrons. The van der Waals surface area contributed by atoms with Crippen LogP contribution in [0, 0.1) is 0 Å². The predicted octanol–water partition coefficient (Wildman–Crippen LogP) is 2.60. The number of aryl methyl sites for hydroxylation is 1. The Hall–Kier alpha value is -2.25. The van der Waals surface area contributed by atoms with E-state index in [9.17, 15) is 4.79 Å². The first kappa shape index (κ1) is 17.6. The lowest BCUT2D eigenvalue weighted by atomic mass is 10.1. The Morgan fingerprint density at radius 3 is 2.92 bits per heavy atom. The van der Waals surface area contributed by atoms with E-state index in [2.05, 4.69) is 37.4 Å². The number of carbonyl (C=O) groups excluding carboxylic acids is 1. The molecule has 0 unspecified atom stereocenters. The molecule has 2 heterocycles. The highest BCUT2D eigenvalue weighted by atomic mass is 79.9. The van der Waals surface area contributed by atoms with Crippen molar-refractivity contribution in [3.8, 4) is 0 Å². The summed E-state index contributed by atoms with van der Waals surface area (Å²) in [6, 6.07) is 11.3. The van der Waals surface area contributed by atoms with E-state index >= 15 is 0 Å². The van der Waals surface area contributed by atoms with E-state index in [1.807, 2.05) is 42.1 Å². The van der Waals surface area contributed by atoms with Crippen molar-refractivity contribution in [1.82, 2.24) is 20.1 Å². The SMILES string of the molecule is COC(=O)[C@@H](Cc1ccccn1)NCc1ccc2c(Br)nn(C)c2c1. The normalized spacial score (nSPS) is 12.3. The Morgan fingerprint density at radius 2 is 2.20 bits per heavy atom. The van der Waals surface area contributed by atoms with Gasteiger partial charge in [-0.2, -0.15) is 5.10 Å². The van der Waals surface area contributed by atoms with Crippen LogP contribution < -0.4 is 5.32 Å². The van der Waals surface area contributed by atoms with Gasteiger partial charge in [-0.1, -0.05) is 12.1 Å². The number of halogens is 1. The average molecular weight is 403 g/mol. The van der Waals surface area contributed by atoms with Gasteiger partial charge in [0.15, 0.2) is 0 Å². The van der Waals surface area contributed by atoms with Crippen LogP contribution in [0.1, 0.15) is 11.3 Å². The van der Waals surface area contributed by atoms with Gasteiger partial charge in [0.25, 0.3) is 0 Å². The highest BCUT2D eigenvalue weighted by Crippen LogP contribution is 2.23. The first-order valence-electron chi connectivity index (χ1n) is 7.90. The van der Waals surface area contributed by atoms with E-state index in [0.717, 1.165) is 26.8 Å². The zero-order valence-electron chi connectivity index (χ0n) is 14.1. The van der Waals surface area contributed by atoms with Crippen molar-refractivity contribution < 1.29 is 9.53 Å². The summed E-state index contributed by atoms with van der Waals surface area (Å²) in [5, 5.41) is 8.68. The summed E-state index contributed by atoms with van der Waals surface area (Å²) in [5.74, 6) is -0.296. The van der Waals surface area contributed by atoms with Crippen LogP contribution in [0.15, 0.2) is 47.2 Å². The van der Waals surface area contributed by atoms with Crippen molar-refractivity contribution in [2.24, 2.45) is 7.05 Å². The number of nitrogens with one attached hydrogen (secondary N) is 1. The summed E-state index contributed by atoms with van der Waals surface area (Å²) in [4.78, 5) is 16.4. The third-order valence-corrected chi connectivity index (χ3v) is 4.63. The van der Waals surface area contributed by atoms with Crippen molar-refractivity contribution in [3.05, 3.63) is 58.5 Å². The van der Waals surface area contributed by atoms with E-state index in [-0.39, 0.29) is 5.97 Å². The topological polar surface area (TPSA) is 69.0 Å². The number of carbonyl (C=O) groups is 1. The molecule has 0 fully saturated rings. The molecule has 25 heavy (non-hydrogen) atoms. The van der Waals surface area contributed by atoms with Crippen molar-refractivity contribution in [1.29, 1.82) is 0 Å². The van der Waals surface area contributed by atoms with E-state index in [1.54, 1.807) is 6.20 Å². The zero-order chi connectivity index (χ0) is 17.8. The molecule has 0 radical (unpaired) electrons. The van der Waals surface area contributed by atoms with Gasteiger partial charge in [-0.05, 0) is 45.8 Å². The monoisotopic (exact) mass is 402 g/mol. The first-order valence-corrected chi connectivity index (χ1v) is 8.70. The van der Waals surface area contributed by atoms with Crippen LogP contribution >= 0.6 is 15.9 Å². The maximum absolute atomic E-state index is 12.1. The van der Waals surface area contributed by atoms with Crippen LogP contribution in [0.4, 0.5) is 0 Å². The summed E-state index contributed by atoms with van der Waals surface area (Å²) in [6.45, 7) is 0.547. The molecule has 1 atom stereocenters. The Balaban J connectivity index is 1.74. The summed E-state index contributed by atoms with van der Waals surface area (Å²) in [6.07, 6.45) is 2.20. The molecular weight excluding hydrogens is 384 g/mol. The number of hydrogen-bond donors (Lipinski definition) is 1. The highest BCUT2D eigenvalue weighted by molar-refractivity contribution is 9.10. The number of fused-ring (bicyclic) bond motifs is 1. The molecule has 6 nitrogen and oxygen atoms in total. The predicted molar refractivity (Wildman–Crippen MR) is 99.0 cm³/mol. The molecule has 0 saturated carbocycles. The molecule has 0 spiro atoms. The van der Waals surface area contributed by atoms with Crippen molar-refractivity contribution in [2.45, 2.75) is 19.0 Å². The van der Waals surface area contributed by atoms with Gasteiger partial charge in [-0.15, -0.1) is 0 Å². The Kier molecular flexibility index (Phi) is 5.45. The summed E-state index contributed by atoms with van der Waals surface area (Å²) < 4.78 is 7.57. The lowest BCUT2D eigenvalue weighted by Crippen LogP contribution is -2.39. The van der Waals surface area contributed by atoms with Crippen LogP contribution in [-0.4, -0.2) is 33.9 Å². The van der Waals surface area contributed by atoms with Gasteiger partial charge in [0.1, 0.15) is 10.6 Å². The third kappa shape index (κ3) is 4.05. The number of rotatable bonds is 6.